The van der Waals surface area contributed by atoms with Crippen molar-refractivity contribution >= 4 is 5.69 Å². The van der Waals surface area contributed by atoms with Crippen molar-refractivity contribution in [2.45, 2.75) is 32.4 Å². The third kappa shape index (κ3) is 3.70. The highest BCUT2D eigenvalue weighted by molar-refractivity contribution is 5.49. The number of rotatable bonds is 5. The maximum absolute atomic E-state index is 14.3. The van der Waals surface area contributed by atoms with E-state index >= 15 is 0 Å². The molecule has 3 nitrogen and oxygen atoms in total. The van der Waals surface area contributed by atoms with Gasteiger partial charge in [-0.15, -0.1) is 0 Å². The van der Waals surface area contributed by atoms with E-state index in [0.29, 0.717) is 11.7 Å². The molecule has 1 atom stereocenters. The van der Waals surface area contributed by atoms with Gasteiger partial charge in [0.05, 0.1) is 5.69 Å². The smallest absolute Gasteiger partial charge is 0.146 e. The number of halogens is 1. The summed E-state index contributed by atoms with van der Waals surface area (Å²) in [6.07, 6.45) is 2.32. The Morgan fingerprint density at radius 3 is 2.90 bits per heavy atom. The molecule has 4 heteroatoms. The van der Waals surface area contributed by atoms with Gasteiger partial charge in [-0.2, -0.15) is 0 Å². The summed E-state index contributed by atoms with van der Waals surface area (Å²) in [5.74, 6) is -0.115. The first-order chi connectivity index (χ1) is 9.61. The Labute approximate surface area is 121 Å². The minimum Gasteiger partial charge on any atom is -0.368 e. The molecule has 0 bridgehead atoms. The van der Waals surface area contributed by atoms with Gasteiger partial charge in [0.1, 0.15) is 5.82 Å². The molecule has 2 rings (SSSR count). The molecule has 1 fully saturated rings. The molecule has 0 spiro atoms. The highest BCUT2D eigenvalue weighted by Crippen LogP contribution is 2.24. The number of likely N-dealkylation sites (tertiary alicyclic amines) is 1. The summed E-state index contributed by atoms with van der Waals surface area (Å²) in [7, 11) is 4.14. The molecule has 1 heterocycles. The fourth-order valence-corrected chi connectivity index (χ4v) is 2.87. The van der Waals surface area contributed by atoms with Gasteiger partial charge < -0.3 is 15.1 Å². The summed E-state index contributed by atoms with van der Waals surface area (Å²) in [6, 6.07) is 5.99. The van der Waals surface area contributed by atoms with E-state index in [-0.39, 0.29) is 5.82 Å². The van der Waals surface area contributed by atoms with Crippen molar-refractivity contribution in [1.29, 1.82) is 0 Å². The van der Waals surface area contributed by atoms with Crippen LogP contribution in [0.3, 0.4) is 0 Å². The molecule has 1 saturated heterocycles. The van der Waals surface area contributed by atoms with Crippen LogP contribution in [0.2, 0.25) is 0 Å². The third-order valence-corrected chi connectivity index (χ3v) is 4.12. The summed E-state index contributed by atoms with van der Waals surface area (Å²) in [6.45, 7) is 5.84. The lowest BCUT2D eigenvalue weighted by molar-refractivity contribution is 0.247. The van der Waals surface area contributed by atoms with Crippen LogP contribution in [0.4, 0.5) is 10.1 Å². The zero-order valence-corrected chi connectivity index (χ0v) is 12.8. The Bertz CT molecular complexity index is 436. The first-order valence-corrected chi connectivity index (χ1v) is 7.52. The van der Waals surface area contributed by atoms with Crippen LogP contribution in [-0.4, -0.2) is 44.7 Å². The summed E-state index contributed by atoms with van der Waals surface area (Å²) >= 11 is 0. The molecule has 1 unspecified atom stereocenters. The predicted octanol–water partition coefficient (Wildman–Crippen LogP) is 2.47. The van der Waals surface area contributed by atoms with Gasteiger partial charge in [-0.25, -0.2) is 4.39 Å². The molecule has 112 valence electrons. The van der Waals surface area contributed by atoms with E-state index in [0.717, 1.165) is 38.2 Å². The summed E-state index contributed by atoms with van der Waals surface area (Å²) < 4.78 is 14.3. The van der Waals surface area contributed by atoms with Crippen LogP contribution in [0.25, 0.3) is 0 Å². The van der Waals surface area contributed by atoms with Crippen molar-refractivity contribution in [3.8, 4) is 0 Å². The van der Waals surface area contributed by atoms with Crippen LogP contribution in [0.1, 0.15) is 25.3 Å². The Hall–Kier alpha value is -1.13. The second-order valence-corrected chi connectivity index (χ2v) is 5.74. The van der Waals surface area contributed by atoms with Crippen LogP contribution in [0.5, 0.6) is 0 Å². The zero-order valence-electron chi connectivity index (χ0n) is 12.8. The molecule has 0 radical (unpaired) electrons. The number of nitrogens with one attached hydrogen (secondary N) is 1. The number of likely N-dealkylation sites (N-methyl/N-ethyl adjacent to an activating group) is 2. The monoisotopic (exact) mass is 279 g/mol. The fourth-order valence-electron chi connectivity index (χ4n) is 2.87. The molecule has 0 aliphatic carbocycles. The van der Waals surface area contributed by atoms with E-state index in [1.54, 1.807) is 6.07 Å². The zero-order chi connectivity index (χ0) is 14.5. The van der Waals surface area contributed by atoms with E-state index in [2.05, 4.69) is 29.1 Å². The van der Waals surface area contributed by atoms with Crippen molar-refractivity contribution in [2.75, 3.05) is 38.6 Å². The molecule has 1 N–H and O–H groups in total. The maximum atomic E-state index is 14.3. The van der Waals surface area contributed by atoms with Gasteiger partial charge in [0.2, 0.25) is 0 Å². The molecule has 0 amide bonds. The van der Waals surface area contributed by atoms with Gasteiger partial charge in [-0.3, -0.25) is 0 Å². The standard InChI is InChI=1S/C16H26FN3/c1-4-18-11-13-7-8-16(15(17)10-13)20(3)14-6-5-9-19(2)12-14/h7-8,10,14,18H,4-6,9,11-12H2,1-3H3. The first-order valence-electron chi connectivity index (χ1n) is 7.52. The van der Waals surface area contributed by atoms with Crippen molar-refractivity contribution in [2.24, 2.45) is 0 Å². The van der Waals surface area contributed by atoms with Crippen LogP contribution in [-0.2, 0) is 6.54 Å². The van der Waals surface area contributed by atoms with Crippen LogP contribution < -0.4 is 10.2 Å². The number of piperidine rings is 1. The molecular formula is C16H26FN3. The van der Waals surface area contributed by atoms with Crippen molar-refractivity contribution in [1.82, 2.24) is 10.2 Å². The van der Waals surface area contributed by atoms with Crippen molar-refractivity contribution < 1.29 is 4.39 Å². The van der Waals surface area contributed by atoms with Crippen LogP contribution >= 0.6 is 0 Å². The Morgan fingerprint density at radius 2 is 2.25 bits per heavy atom. The molecule has 1 aliphatic rings. The maximum Gasteiger partial charge on any atom is 0.146 e. The molecule has 1 aromatic carbocycles. The van der Waals surface area contributed by atoms with E-state index in [9.17, 15) is 4.39 Å². The van der Waals surface area contributed by atoms with Gasteiger partial charge in [-0.05, 0) is 50.7 Å². The SMILES string of the molecule is CCNCc1ccc(N(C)C2CCCN(C)C2)c(F)c1. The number of benzene rings is 1. The summed E-state index contributed by atoms with van der Waals surface area (Å²) in [5.41, 5.74) is 1.72. The van der Waals surface area contributed by atoms with Crippen molar-refractivity contribution in [3.63, 3.8) is 0 Å². The van der Waals surface area contributed by atoms with Gasteiger partial charge in [0.15, 0.2) is 0 Å². The summed E-state index contributed by atoms with van der Waals surface area (Å²) in [5, 5.41) is 3.22. The molecule has 0 aromatic heterocycles. The average Bonchev–Trinajstić information content (AvgIpc) is 2.44. The second kappa shape index (κ2) is 7.04. The van der Waals surface area contributed by atoms with Crippen LogP contribution in [0.15, 0.2) is 18.2 Å². The Kier molecular flexibility index (Phi) is 5.38. The van der Waals surface area contributed by atoms with E-state index in [1.807, 2.05) is 19.2 Å². The van der Waals surface area contributed by atoms with E-state index in [1.165, 1.54) is 6.42 Å². The van der Waals surface area contributed by atoms with Gasteiger partial charge in [0.25, 0.3) is 0 Å². The Morgan fingerprint density at radius 1 is 1.45 bits per heavy atom. The quantitative estimate of drug-likeness (QED) is 0.893. The molecule has 1 aromatic rings. The predicted molar refractivity (Wildman–Crippen MR) is 82.7 cm³/mol. The lowest BCUT2D eigenvalue weighted by Crippen LogP contribution is -2.45. The number of anilines is 1. The molecule has 0 saturated carbocycles. The minimum absolute atomic E-state index is 0.115. The van der Waals surface area contributed by atoms with Crippen LogP contribution in [0, 0.1) is 5.82 Å². The highest BCUT2D eigenvalue weighted by Gasteiger charge is 2.22. The highest BCUT2D eigenvalue weighted by atomic mass is 19.1. The van der Waals surface area contributed by atoms with E-state index in [4.69, 9.17) is 0 Å². The molecular weight excluding hydrogens is 253 g/mol. The van der Waals surface area contributed by atoms with Gasteiger partial charge in [0, 0.05) is 26.2 Å². The second-order valence-electron chi connectivity index (χ2n) is 5.74. The normalized spacial score (nSPS) is 20.1. The minimum atomic E-state index is -0.115. The number of hydrogen-bond donors (Lipinski definition) is 1. The Balaban J connectivity index is 2.07. The molecule has 1 aliphatic heterocycles. The average molecular weight is 279 g/mol. The molecule has 20 heavy (non-hydrogen) atoms. The number of hydrogen-bond acceptors (Lipinski definition) is 3. The fraction of sp³-hybridized carbons (Fsp3) is 0.625. The summed E-state index contributed by atoms with van der Waals surface area (Å²) in [4.78, 5) is 4.42. The van der Waals surface area contributed by atoms with Gasteiger partial charge >= 0.3 is 0 Å². The third-order valence-electron chi connectivity index (χ3n) is 4.12. The topological polar surface area (TPSA) is 18.5 Å². The van der Waals surface area contributed by atoms with E-state index < -0.39 is 0 Å². The lowest BCUT2D eigenvalue weighted by atomic mass is 10.0. The lowest BCUT2D eigenvalue weighted by Gasteiger charge is -2.37. The first kappa shape index (κ1) is 15.3. The number of nitrogens with zero attached hydrogens (tertiary/aromatic N) is 2. The van der Waals surface area contributed by atoms with Crippen molar-refractivity contribution in [3.05, 3.63) is 29.6 Å². The largest absolute Gasteiger partial charge is 0.368 e. The van der Waals surface area contributed by atoms with Gasteiger partial charge in [-0.1, -0.05) is 13.0 Å².